The van der Waals surface area contributed by atoms with Gasteiger partial charge in [0.15, 0.2) is 11.6 Å². The van der Waals surface area contributed by atoms with Crippen molar-refractivity contribution >= 4 is 29.0 Å². The molecule has 5 nitrogen and oxygen atoms in total. The molecule has 3 N–H and O–H groups in total. The van der Waals surface area contributed by atoms with E-state index >= 15 is 0 Å². The van der Waals surface area contributed by atoms with Crippen molar-refractivity contribution in [2.75, 3.05) is 11.1 Å². The number of carbonyl (C=O) groups excluding carboxylic acids is 1. The first-order chi connectivity index (χ1) is 13.3. The van der Waals surface area contributed by atoms with Gasteiger partial charge in [0, 0.05) is 23.5 Å². The van der Waals surface area contributed by atoms with Gasteiger partial charge in [-0.25, -0.2) is 4.98 Å². The van der Waals surface area contributed by atoms with Crippen molar-refractivity contribution in [1.29, 1.82) is 0 Å². The van der Waals surface area contributed by atoms with E-state index in [1.54, 1.807) is 6.07 Å². The monoisotopic (exact) mass is 395 g/mol. The van der Waals surface area contributed by atoms with Gasteiger partial charge in [-0.05, 0) is 61.7 Å². The van der Waals surface area contributed by atoms with Crippen molar-refractivity contribution in [1.82, 2.24) is 4.98 Å². The van der Waals surface area contributed by atoms with Gasteiger partial charge in [0.1, 0.15) is 6.10 Å². The van der Waals surface area contributed by atoms with Crippen LogP contribution in [0.3, 0.4) is 0 Å². The Morgan fingerprint density at radius 3 is 2.68 bits per heavy atom. The van der Waals surface area contributed by atoms with Crippen LogP contribution in [-0.2, 0) is 0 Å². The molecular formula is C22H22ClN3O2. The van der Waals surface area contributed by atoms with E-state index in [4.69, 9.17) is 22.1 Å². The van der Waals surface area contributed by atoms with Crippen LogP contribution in [0, 0.1) is 13.8 Å². The lowest BCUT2D eigenvalue weighted by atomic mass is 10.1. The van der Waals surface area contributed by atoms with Gasteiger partial charge in [0.05, 0.1) is 5.02 Å². The molecule has 0 aliphatic carbocycles. The van der Waals surface area contributed by atoms with Crippen LogP contribution in [0.4, 0.5) is 11.5 Å². The number of halogens is 1. The molecule has 0 aliphatic rings. The molecular weight excluding hydrogens is 374 g/mol. The summed E-state index contributed by atoms with van der Waals surface area (Å²) in [4.78, 5) is 16.5. The molecule has 0 aliphatic heterocycles. The number of ether oxygens (including phenoxy) is 1. The van der Waals surface area contributed by atoms with Gasteiger partial charge in [0.25, 0.3) is 5.91 Å². The Hall–Kier alpha value is -3.05. The summed E-state index contributed by atoms with van der Waals surface area (Å²) in [5, 5.41) is 3.38. The van der Waals surface area contributed by atoms with E-state index in [1.807, 2.05) is 63.2 Å². The highest BCUT2D eigenvalue weighted by molar-refractivity contribution is 6.30. The first-order valence-corrected chi connectivity index (χ1v) is 9.27. The Morgan fingerprint density at radius 2 is 1.93 bits per heavy atom. The van der Waals surface area contributed by atoms with Crippen LogP contribution in [0.5, 0.6) is 5.75 Å². The second-order valence-corrected chi connectivity index (χ2v) is 7.11. The highest BCUT2D eigenvalue weighted by atomic mass is 35.5. The number of nitrogens with one attached hydrogen (secondary N) is 1. The third-order valence-corrected chi connectivity index (χ3v) is 4.74. The molecule has 1 aromatic heterocycles. The fourth-order valence-electron chi connectivity index (χ4n) is 2.74. The Morgan fingerprint density at radius 1 is 1.14 bits per heavy atom. The lowest BCUT2D eigenvalue weighted by Crippen LogP contribution is -2.13. The number of benzene rings is 2. The summed E-state index contributed by atoms with van der Waals surface area (Å²) in [6.45, 7) is 5.90. The molecule has 0 unspecified atom stereocenters. The fraction of sp³-hybridized carbons (Fsp3) is 0.182. The molecule has 0 saturated heterocycles. The first-order valence-electron chi connectivity index (χ1n) is 8.89. The van der Waals surface area contributed by atoms with Crippen molar-refractivity contribution in [2.45, 2.75) is 26.9 Å². The lowest BCUT2D eigenvalue weighted by molar-refractivity contribution is 0.102. The maximum absolute atomic E-state index is 12.6. The second-order valence-electron chi connectivity index (χ2n) is 6.68. The average molecular weight is 396 g/mol. The van der Waals surface area contributed by atoms with Gasteiger partial charge in [0.2, 0.25) is 0 Å². The predicted octanol–water partition coefficient (Wildman–Crippen LogP) is 5.33. The molecule has 3 aromatic rings. The molecule has 1 atom stereocenters. The van der Waals surface area contributed by atoms with E-state index in [-0.39, 0.29) is 17.8 Å². The number of amides is 1. The number of nitrogen functional groups attached to an aromatic ring is 1. The van der Waals surface area contributed by atoms with E-state index in [1.165, 1.54) is 6.20 Å². The summed E-state index contributed by atoms with van der Waals surface area (Å²) in [6.07, 6.45) is 1.17. The minimum atomic E-state index is -0.305. The van der Waals surface area contributed by atoms with Crippen LogP contribution in [0.25, 0.3) is 0 Å². The van der Waals surface area contributed by atoms with Gasteiger partial charge in [-0.2, -0.15) is 0 Å². The third kappa shape index (κ3) is 4.61. The van der Waals surface area contributed by atoms with Crippen molar-refractivity contribution in [3.8, 4) is 5.75 Å². The quantitative estimate of drug-likeness (QED) is 0.612. The highest BCUT2D eigenvalue weighted by Crippen LogP contribution is 2.29. The largest absolute Gasteiger partial charge is 0.482 e. The van der Waals surface area contributed by atoms with Crippen LogP contribution >= 0.6 is 11.6 Å². The predicted molar refractivity (Wildman–Crippen MR) is 113 cm³/mol. The van der Waals surface area contributed by atoms with E-state index in [0.717, 1.165) is 16.7 Å². The van der Waals surface area contributed by atoms with Gasteiger partial charge in [-0.15, -0.1) is 0 Å². The van der Waals surface area contributed by atoms with E-state index in [2.05, 4.69) is 10.3 Å². The van der Waals surface area contributed by atoms with Crippen molar-refractivity contribution in [2.24, 2.45) is 0 Å². The second kappa shape index (κ2) is 8.31. The normalized spacial score (nSPS) is 11.7. The number of aromatic nitrogens is 1. The SMILES string of the molecule is Cc1ccc(C(=O)Nc2cccc([C@@H](C)Oc3cc(Cl)cnc3N)c2)cc1C. The number of anilines is 2. The molecule has 0 saturated carbocycles. The summed E-state index contributed by atoms with van der Waals surface area (Å²) in [5.41, 5.74) is 10.3. The van der Waals surface area contributed by atoms with E-state index < -0.39 is 0 Å². The Balaban J connectivity index is 1.75. The van der Waals surface area contributed by atoms with Crippen LogP contribution in [-0.4, -0.2) is 10.9 Å². The Bertz CT molecular complexity index is 1020. The highest BCUT2D eigenvalue weighted by Gasteiger charge is 2.13. The zero-order valence-electron chi connectivity index (χ0n) is 16.0. The minimum absolute atomic E-state index is 0.155. The molecule has 6 heteroatoms. The number of nitrogens with two attached hydrogens (primary N) is 1. The van der Waals surface area contributed by atoms with Crippen LogP contribution in [0.15, 0.2) is 54.7 Å². The molecule has 0 spiro atoms. The topological polar surface area (TPSA) is 77.2 Å². The molecule has 0 radical (unpaired) electrons. The third-order valence-electron chi connectivity index (χ3n) is 4.54. The minimum Gasteiger partial charge on any atom is -0.482 e. The maximum atomic E-state index is 12.6. The number of rotatable bonds is 5. The maximum Gasteiger partial charge on any atom is 0.255 e. The summed E-state index contributed by atoms with van der Waals surface area (Å²) in [5.74, 6) is 0.539. The van der Waals surface area contributed by atoms with Crippen LogP contribution < -0.4 is 15.8 Å². The van der Waals surface area contributed by atoms with Gasteiger partial charge >= 0.3 is 0 Å². The van der Waals surface area contributed by atoms with Crippen molar-refractivity contribution in [3.05, 3.63) is 82.0 Å². The Labute approximate surface area is 169 Å². The zero-order valence-corrected chi connectivity index (χ0v) is 16.7. The number of carbonyl (C=O) groups is 1. The number of nitrogens with zero attached hydrogens (tertiary/aromatic N) is 1. The van der Waals surface area contributed by atoms with Gasteiger partial charge in [-0.3, -0.25) is 4.79 Å². The number of pyridine rings is 1. The van der Waals surface area contributed by atoms with Crippen LogP contribution in [0.1, 0.15) is 40.1 Å². The van der Waals surface area contributed by atoms with Gasteiger partial charge < -0.3 is 15.8 Å². The zero-order chi connectivity index (χ0) is 20.3. The molecule has 1 heterocycles. The van der Waals surface area contributed by atoms with E-state index in [9.17, 15) is 4.79 Å². The number of hydrogen-bond donors (Lipinski definition) is 2. The smallest absolute Gasteiger partial charge is 0.255 e. The first kappa shape index (κ1) is 19.7. The van der Waals surface area contributed by atoms with Crippen molar-refractivity contribution in [3.63, 3.8) is 0 Å². The number of aryl methyl sites for hydroxylation is 2. The molecule has 0 fully saturated rings. The summed E-state index contributed by atoms with van der Waals surface area (Å²) >= 11 is 5.96. The molecule has 1 amide bonds. The molecule has 0 bridgehead atoms. The molecule has 2 aromatic carbocycles. The fourth-order valence-corrected chi connectivity index (χ4v) is 2.89. The summed E-state index contributed by atoms with van der Waals surface area (Å²) in [7, 11) is 0. The van der Waals surface area contributed by atoms with Crippen molar-refractivity contribution < 1.29 is 9.53 Å². The summed E-state index contributed by atoms with van der Waals surface area (Å²) in [6, 6.07) is 14.8. The Kier molecular flexibility index (Phi) is 5.85. The summed E-state index contributed by atoms with van der Waals surface area (Å²) < 4.78 is 5.90. The lowest BCUT2D eigenvalue weighted by Gasteiger charge is -2.17. The molecule has 3 rings (SSSR count). The van der Waals surface area contributed by atoms with Gasteiger partial charge in [-0.1, -0.05) is 29.8 Å². The van der Waals surface area contributed by atoms with Crippen LogP contribution in [0.2, 0.25) is 5.02 Å². The number of hydrogen-bond acceptors (Lipinski definition) is 4. The standard InChI is InChI=1S/C22H22ClN3O2/c1-13-7-8-17(9-14(13)2)22(27)26-19-6-4-5-16(10-19)15(3)28-20-11-18(23)12-25-21(20)24/h4-12,15H,1-3H3,(H2,24,25)(H,26,27)/t15-/m1/s1. The average Bonchev–Trinajstić information content (AvgIpc) is 2.67. The van der Waals surface area contributed by atoms with E-state index in [0.29, 0.717) is 22.0 Å². The molecule has 144 valence electrons. The molecule has 28 heavy (non-hydrogen) atoms.